The van der Waals surface area contributed by atoms with Crippen molar-refractivity contribution in [2.24, 2.45) is 17.8 Å². The molecule has 124 valence electrons. The average Bonchev–Trinajstić information content (AvgIpc) is 2.40. The predicted molar refractivity (Wildman–Crippen MR) is 94.7 cm³/mol. The Kier molecular flexibility index (Phi) is 7.69. The van der Waals surface area contributed by atoms with Crippen molar-refractivity contribution in [1.29, 1.82) is 0 Å². The first kappa shape index (κ1) is 20.7. The Bertz CT molecular complexity index is 351. The summed E-state index contributed by atoms with van der Waals surface area (Å²) in [6.07, 6.45) is 6.06. The second-order valence-corrected chi connectivity index (χ2v) is 12.8. The molecule has 5 atom stereocenters. The molecular weight excluding hydrogens is 276 g/mol. The van der Waals surface area contributed by atoms with Gasteiger partial charge in [0.25, 0.3) is 0 Å². The molecule has 0 aliphatic heterocycles. The zero-order valence-electron chi connectivity index (χ0n) is 15.5. The van der Waals surface area contributed by atoms with Gasteiger partial charge in [-0.15, -0.1) is 12.3 Å². The third-order valence-electron chi connectivity index (χ3n) is 5.27. The fourth-order valence-corrected chi connectivity index (χ4v) is 3.72. The van der Waals surface area contributed by atoms with Crippen molar-refractivity contribution < 1.29 is 9.53 Å². The largest absolute Gasteiger partial charge is 0.413 e. The van der Waals surface area contributed by atoms with E-state index in [1.54, 1.807) is 0 Å². The number of hydrogen-bond donors (Lipinski definition) is 1. The highest BCUT2D eigenvalue weighted by Crippen LogP contribution is 2.40. The highest BCUT2D eigenvalue weighted by Gasteiger charge is 2.42. The molecule has 1 N–H and O–H groups in total. The molecule has 0 amide bonds. The van der Waals surface area contributed by atoms with Gasteiger partial charge in [-0.2, -0.15) is 0 Å². The van der Waals surface area contributed by atoms with Gasteiger partial charge in [-0.05, 0) is 31.0 Å². The molecule has 0 aliphatic carbocycles. The minimum Gasteiger partial charge on any atom is -0.413 e. The number of hydrogen-bond acceptors (Lipinski definition) is 2. The normalized spacial score (nSPS) is 20.2. The summed E-state index contributed by atoms with van der Waals surface area (Å²) in [4.78, 5) is 0. The van der Waals surface area contributed by atoms with E-state index < -0.39 is 14.4 Å². The van der Waals surface area contributed by atoms with Crippen molar-refractivity contribution in [3.8, 4) is 12.3 Å². The van der Waals surface area contributed by atoms with Crippen LogP contribution in [0.3, 0.4) is 0 Å². The summed E-state index contributed by atoms with van der Waals surface area (Å²) in [7, 11) is -1.86. The maximum atomic E-state index is 10.5. The van der Waals surface area contributed by atoms with Gasteiger partial charge in [0.1, 0.15) is 0 Å². The summed E-state index contributed by atoms with van der Waals surface area (Å²) in [6, 6.07) is 0. The van der Waals surface area contributed by atoms with Crippen LogP contribution in [0.1, 0.15) is 54.9 Å². The molecule has 0 bridgehead atoms. The van der Waals surface area contributed by atoms with Crippen LogP contribution >= 0.6 is 0 Å². The maximum Gasteiger partial charge on any atom is 0.192 e. The van der Waals surface area contributed by atoms with Gasteiger partial charge >= 0.3 is 0 Å². The van der Waals surface area contributed by atoms with Crippen molar-refractivity contribution in [3.05, 3.63) is 0 Å². The number of terminal acetylenes is 1. The molecule has 0 fully saturated rings. The Morgan fingerprint density at radius 2 is 1.67 bits per heavy atom. The lowest BCUT2D eigenvalue weighted by atomic mass is 9.84. The van der Waals surface area contributed by atoms with Gasteiger partial charge in [0.2, 0.25) is 0 Å². The first-order valence-electron chi connectivity index (χ1n) is 8.21. The average molecular weight is 313 g/mol. The molecule has 0 aromatic rings. The lowest BCUT2D eigenvalue weighted by Crippen LogP contribution is -2.49. The van der Waals surface area contributed by atoms with E-state index in [9.17, 15) is 5.11 Å². The molecule has 0 saturated carbocycles. The number of rotatable bonds is 7. The molecule has 21 heavy (non-hydrogen) atoms. The highest BCUT2D eigenvalue weighted by molar-refractivity contribution is 6.74. The monoisotopic (exact) mass is 312 g/mol. The molecule has 0 aliphatic rings. The smallest absolute Gasteiger partial charge is 0.192 e. The molecule has 0 heterocycles. The molecule has 0 spiro atoms. The van der Waals surface area contributed by atoms with Gasteiger partial charge in [-0.3, -0.25) is 0 Å². The molecule has 3 heteroatoms. The molecule has 0 rings (SSSR count). The maximum absolute atomic E-state index is 10.5. The number of aliphatic hydroxyl groups excluding tert-OH is 1. The zero-order valence-corrected chi connectivity index (χ0v) is 16.5. The third kappa shape index (κ3) is 5.43. The van der Waals surface area contributed by atoms with Crippen LogP contribution < -0.4 is 0 Å². The molecule has 0 saturated heterocycles. The zero-order chi connectivity index (χ0) is 17.0. The van der Waals surface area contributed by atoms with E-state index >= 15 is 0 Å². The van der Waals surface area contributed by atoms with Gasteiger partial charge in [0.05, 0.1) is 12.2 Å². The summed E-state index contributed by atoms with van der Waals surface area (Å²) in [5, 5.41) is 10.7. The Hall–Kier alpha value is -0.303. The summed E-state index contributed by atoms with van der Waals surface area (Å²) >= 11 is 0. The summed E-state index contributed by atoms with van der Waals surface area (Å²) < 4.78 is 6.64. The molecule has 2 nitrogen and oxygen atoms in total. The van der Waals surface area contributed by atoms with E-state index in [1.165, 1.54) is 0 Å². The minimum atomic E-state index is -1.86. The van der Waals surface area contributed by atoms with Crippen LogP contribution in [-0.4, -0.2) is 25.6 Å². The quantitative estimate of drug-likeness (QED) is 0.546. The Morgan fingerprint density at radius 3 is 2.00 bits per heavy atom. The van der Waals surface area contributed by atoms with Crippen molar-refractivity contribution in [2.45, 2.75) is 85.2 Å². The van der Waals surface area contributed by atoms with E-state index in [0.717, 1.165) is 6.42 Å². The third-order valence-corrected chi connectivity index (χ3v) is 9.75. The van der Waals surface area contributed by atoms with Gasteiger partial charge in [0, 0.05) is 11.8 Å². The van der Waals surface area contributed by atoms with Crippen molar-refractivity contribution in [2.75, 3.05) is 0 Å². The summed E-state index contributed by atoms with van der Waals surface area (Å²) in [5.41, 5.74) is 0. The fourth-order valence-electron chi connectivity index (χ4n) is 2.24. The summed E-state index contributed by atoms with van der Waals surface area (Å²) in [6.45, 7) is 19.6. The van der Waals surface area contributed by atoms with Crippen molar-refractivity contribution in [3.63, 3.8) is 0 Å². The molecule has 0 radical (unpaired) electrons. The Balaban J connectivity index is 5.29. The first-order chi connectivity index (χ1) is 9.39. The van der Waals surface area contributed by atoms with E-state index in [1.807, 2.05) is 6.92 Å². The molecular formula is C18H36O2Si. The van der Waals surface area contributed by atoms with Gasteiger partial charge in [0.15, 0.2) is 8.32 Å². The Morgan fingerprint density at radius 1 is 1.19 bits per heavy atom. The van der Waals surface area contributed by atoms with Crippen LogP contribution in [0.5, 0.6) is 0 Å². The molecule has 0 unspecified atom stereocenters. The van der Waals surface area contributed by atoms with Gasteiger partial charge < -0.3 is 9.53 Å². The SMILES string of the molecule is C#C[C@H](C)[C@@H](O)[C@@H](C)[C@@H](O[Si](C)(C)C(C)(C)C)[C@@H](C)CC. The van der Waals surface area contributed by atoms with Crippen LogP contribution in [0.25, 0.3) is 0 Å². The van der Waals surface area contributed by atoms with Crippen LogP contribution in [0.15, 0.2) is 0 Å². The fraction of sp³-hybridized carbons (Fsp3) is 0.889. The first-order valence-corrected chi connectivity index (χ1v) is 11.1. The van der Waals surface area contributed by atoms with Crippen LogP contribution in [-0.2, 0) is 4.43 Å². The highest BCUT2D eigenvalue weighted by atomic mass is 28.4. The van der Waals surface area contributed by atoms with Crippen molar-refractivity contribution in [1.82, 2.24) is 0 Å². The van der Waals surface area contributed by atoms with E-state index in [2.05, 4.69) is 60.6 Å². The van der Waals surface area contributed by atoms with E-state index in [-0.39, 0.29) is 23.0 Å². The van der Waals surface area contributed by atoms with Crippen LogP contribution in [0.4, 0.5) is 0 Å². The Labute approximate surface area is 133 Å². The van der Waals surface area contributed by atoms with Gasteiger partial charge in [-0.25, -0.2) is 0 Å². The van der Waals surface area contributed by atoms with Crippen molar-refractivity contribution >= 4 is 8.32 Å². The lowest BCUT2D eigenvalue weighted by molar-refractivity contribution is -0.0125. The topological polar surface area (TPSA) is 29.5 Å². The standard InChI is InChI=1S/C18H36O2Si/c1-11-13(3)16(19)15(5)17(14(4)12-2)20-21(9,10)18(6,7)8/h1,13-17,19H,12H2,2-10H3/t13-,14-,15+,16+,17-/m0/s1. The van der Waals surface area contributed by atoms with E-state index in [4.69, 9.17) is 10.8 Å². The minimum absolute atomic E-state index is 0.0418. The lowest BCUT2D eigenvalue weighted by Gasteiger charge is -2.44. The number of aliphatic hydroxyl groups is 1. The van der Waals surface area contributed by atoms with Gasteiger partial charge in [-0.1, -0.05) is 48.0 Å². The van der Waals surface area contributed by atoms with E-state index in [0.29, 0.717) is 5.92 Å². The predicted octanol–water partition coefficient (Wildman–Crippen LogP) is 4.69. The van der Waals surface area contributed by atoms with Crippen LogP contribution in [0.2, 0.25) is 18.1 Å². The summed E-state index contributed by atoms with van der Waals surface area (Å²) in [5.74, 6) is 2.97. The molecule has 0 aromatic carbocycles. The molecule has 0 aromatic heterocycles. The second-order valence-electron chi connectivity index (χ2n) is 8.03. The second kappa shape index (κ2) is 7.81. The van der Waals surface area contributed by atoms with Crippen LogP contribution in [0, 0.1) is 30.1 Å².